The average molecular weight is 610 g/mol. The zero-order chi connectivity index (χ0) is 28.3. The Bertz CT molecular complexity index is 1390. The van der Waals surface area contributed by atoms with E-state index in [1.54, 1.807) is 18.5 Å². The zero-order valence-corrected chi connectivity index (χ0v) is 23.4. The van der Waals surface area contributed by atoms with Gasteiger partial charge in [-0.3, -0.25) is 19.5 Å². The molecule has 0 saturated carbocycles. The molecule has 2 aliphatic heterocycles. The third-order valence-corrected chi connectivity index (χ3v) is 10.0. The van der Waals surface area contributed by atoms with Crippen molar-refractivity contribution in [2.75, 3.05) is 17.2 Å². The highest BCUT2D eigenvalue weighted by Gasteiger charge is 2.54. The van der Waals surface area contributed by atoms with E-state index in [1.165, 1.54) is 40.7 Å². The molecule has 1 fully saturated rings. The van der Waals surface area contributed by atoms with Crippen molar-refractivity contribution >= 4 is 81.2 Å². The molecular formula is C21H23N9O5S4. The van der Waals surface area contributed by atoms with Crippen molar-refractivity contribution < 1.29 is 24.7 Å². The maximum absolute atomic E-state index is 13.0. The van der Waals surface area contributed by atoms with Crippen LogP contribution in [0.25, 0.3) is 0 Å². The molecule has 1 saturated heterocycles. The van der Waals surface area contributed by atoms with Crippen LogP contribution in [-0.2, 0) is 14.4 Å². The predicted molar refractivity (Wildman–Crippen MR) is 151 cm³/mol. The summed E-state index contributed by atoms with van der Waals surface area (Å²) in [4.78, 5) is 53.4. The second kappa shape index (κ2) is 12.1. The van der Waals surface area contributed by atoms with Gasteiger partial charge in [-0.1, -0.05) is 16.9 Å². The number of anilines is 1. The van der Waals surface area contributed by atoms with Crippen LogP contribution in [0, 0.1) is 0 Å². The molecule has 1 unspecified atom stereocenters. The molecular weight excluding hydrogens is 587 g/mol. The molecule has 4 rings (SSSR count). The van der Waals surface area contributed by atoms with Crippen LogP contribution in [0.1, 0.15) is 12.6 Å². The zero-order valence-electron chi connectivity index (χ0n) is 20.2. The van der Waals surface area contributed by atoms with Crippen molar-refractivity contribution in [1.29, 1.82) is 0 Å². The lowest BCUT2D eigenvalue weighted by Crippen LogP contribution is -2.71. The lowest BCUT2D eigenvalue weighted by Gasteiger charge is -2.49. The number of β-lactam (4-membered cyclic amide) rings is 1. The largest absolute Gasteiger partial charge is 0.477 e. The minimum absolute atomic E-state index is 0.00432. The molecule has 206 valence electrons. The van der Waals surface area contributed by atoms with Gasteiger partial charge in [0.05, 0.1) is 6.04 Å². The van der Waals surface area contributed by atoms with Crippen molar-refractivity contribution in [2.45, 2.75) is 34.2 Å². The van der Waals surface area contributed by atoms with Crippen LogP contribution in [0.4, 0.5) is 5.13 Å². The Morgan fingerprint density at radius 1 is 1.36 bits per heavy atom. The molecule has 2 amide bonds. The quantitative estimate of drug-likeness (QED) is 0.0539. The molecule has 2 aliphatic rings. The van der Waals surface area contributed by atoms with Crippen molar-refractivity contribution in [3.8, 4) is 0 Å². The minimum Gasteiger partial charge on any atom is -0.477 e. The van der Waals surface area contributed by atoms with Crippen LogP contribution in [0.2, 0.25) is 0 Å². The number of nitrogens with zero attached hydrogens (tertiary/aromatic N) is 5. The van der Waals surface area contributed by atoms with E-state index in [4.69, 9.17) is 17.2 Å². The van der Waals surface area contributed by atoms with E-state index in [9.17, 15) is 24.7 Å². The Morgan fingerprint density at radius 3 is 2.77 bits per heavy atom. The van der Waals surface area contributed by atoms with E-state index in [1.807, 2.05) is 6.92 Å². The number of fused-ring (bicyclic) bond motifs is 1. The molecule has 9 N–H and O–H groups in total. The predicted octanol–water partition coefficient (Wildman–Crippen LogP) is 0.541. The summed E-state index contributed by atoms with van der Waals surface area (Å²) in [6.45, 7) is 1.87. The van der Waals surface area contributed by atoms with Crippen molar-refractivity contribution in [1.82, 2.24) is 20.2 Å². The normalized spacial score (nSPS) is 19.7. The Kier molecular flexibility index (Phi) is 8.88. The highest BCUT2D eigenvalue weighted by atomic mass is 32.2. The number of thiazole rings is 1. The molecule has 18 heteroatoms. The molecule has 4 heterocycles. The van der Waals surface area contributed by atoms with Gasteiger partial charge in [0.2, 0.25) is 0 Å². The number of guanidine groups is 1. The van der Waals surface area contributed by atoms with E-state index in [0.717, 1.165) is 26.0 Å². The van der Waals surface area contributed by atoms with Gasteiger partial charge in [-0.15, -0.1) is 34.9 Å². The number of pyridine rings is 1. The summed E-state index contributed by atoms with van der Waals surface area (Å²) >= 11 is 5.08. The standard InChI is InChI=1S/C21H23N9O5S4/c1-8(26-20(22)23)5-36-11-4-25-3-2-10(11)39-12-7-37-18-14(17(32)30(18)15(12)19(33)34)28-16(31)13(29-35)9-6-38-21(24)27-9/h2-4,6,8,14,18,35H,5,7H2,1H3,(H2,24,27)(H,28,31)(H,33,34)(H4,22,23,26)/b29-13-/t8?,14-,18-/m1/s1. The number of amides is 2. The summed E-state index contributed by atoms with van der Waals surface area (Å²) in [6.07, 6.45) is 3.27. The minimum atomic E-state index is -1.26. The van der Waals surface area contributed by atoms with Gasteiger partial charge in [-0.2, -0.15) is 0 Å². The number of thioether (sulfide) groups is 3. The van der Waals surface area contributed by atoms with E-state index in [0.29, 0.717) is 10.7 Å². The lowest BCUT2D eigenvalue weighted by molar-refractivity contribution is -0.150. The molecule has 14 nitrogen and oxygen atoms in total. The summed E-state index contributed by atoms with van der Waals surface area (Å²) in [5.41, 5.74) is 16.0. The highest BCUT2D eigenvalue weighted by Crippen LogP contribution is 2.46. The van der Waals surface area contributed by atoms with Crippen molar-refractivity contribution in [3.63, 3.8) is 0 Å². The fourth-order valence-corrected chi connectivity index (χ4v) is 7.84. The van der Waals surface area contributed by atoms with Crippen LogP contribution in [-0.4, -0.2) is 83.6 Å². The van der Waals surface area contributed by atoms with Gasteiger partial charge < -0.3 is 32.8 Å². The van der Waals surface area contributed by atoms with Crippen molar-refractivity contribution in [3.05, 3.63) is 40.1 Å². The van der Waals surface area contributed by atoms with Gasteiger partial charge in [0.1, 0.15) is 22.8 Å². The first kappa shape index (κ1) is 28.5. The number of nitrogen functional groups attached to an aromatic ring is 1. The molecule has 2 aromatic rings. The number of aliphatic imine (C=N–C) groups is 1. The van der Waals surface area contributed by atoms with Gasteiger partial charge in [0.25, 0.3) is 11.8 Å². The Morgan fingerprint density at radius 2 is 2.13 bits per heavy atom. The van der Waals surface area contributed by atoms with Gasteiger partial charge in [0.15, 0.2) is 16.8 Å². The van der Waals surface area contributed by atoms with Crippen molar-refractivity contribution in [2.24, 2.45) is 21.6 Å². The summed E-state index contributed by atoms with van der Waals surface area (Å²) in [5, 5.41) is 25.8. The first-order chi connectivity index (χ1) is 18.6. The third kappa shape index (κ3) is 6.23. The molecule has 0 aromatic carbocycles. The number of nitrogens with one attached hydrogen (secondary N) is 1. The summed E-state index contributed by atoms with van der Waals surface area (Å²) in [6, 6.07) is 0.608. The Labute approximate surface area is 238 Å². The van der Waals surface area contributed by atoms with Gasteiger partial charge in [-0.25, -0.2) is 14.8 Å². The number of aromatic nitrogens is 2. The van der Waals surface area contributed by atoms with E-state index < -0.39 is 34.9 Å². The van der Waals surface area contributed by atoms with Crippen LogP contribution in [0.15, 0.2) is 54.4 Å². The highest BCUT2D eigenvalue weighted by molar-refractivity contribution is 8.07. The lowest BCUT2D eigenvalue weighted by atomic mass is 10.0. The maximum Gasteiger partial charge on any atom is 0.353 e. The average Bonchev–Trinajstić information content (AvgIpc) is 3.31. The molecule has 3 atom stereocenters. The smallest absolute Gasteiger partial charge is 0.353 e. The topological polar surface area (TPSA) is 236 Å². The fourth-order valence-electron chi connectivity index (χ4n) is 3.68. The van der Waals surface area contributed by atoms with Gasteiger partial charge >= 0.3 is 5.97 Å². The van der Waals surface area contributed by atoms with E-state index >= 15 is 0 Å². The summed E-state index contributed by atoms with van der Waals surface area (Å²) < 4.78 is 0. The Hall–Kier alpha value is -3.48. The number of aliphatic carboxylic acids is 1. The number of carboxylic acids is 1. The fraction of sp³-hybridized carbons (Fsp3) is 0.286. The van der Waals surface area contributed by atoms with Gasteiger partial charge in [-0.05, 0) is 13.0 Å². The number of oxime groups is 1. The van der Waals surface area contributed by atoms with Crippen LogP contribution >= 0.6 is 46.6 Å². The second-order valence-corrected chi connectivity index (χ2v) is 12.3. The number of hydrogen-bond acceptors (Lipinski definition) is 13. The van der Waals surface area contributed by atoms with E-state index in [-0.39, 0.29) is 34.3 Å². The molecule has 0 aliphatic carbocycles. The number of carbonyl (C=O) groups is 3. The molecule has 0 spiro atoms. The molecule has 2 aromatic heterocycles. The Balaban J connectivity index is 1.50. The monoisotopic (exact) mass is 609 g/mol. The molecule has 0 bridgehead atoms. The summed E-state index contributed by atoms with van der Waals surface area (Å²) in [5.74, 6) is -1.85. The maximum atomic E-state index is 13.0. The third-order valence-electron chi connectivity index (χ3n) is 5.33. The van der Waals surface area contributed by atoms with Gasteiger partial charge in [0, 0.05) is 44.0 Å². The summed E-state index contributed by atoms with van der Waals surface area (Å²) in [7, 11) is 0. The number of nitrogens with two attached hydrogens (primary N) is 3. The van der Waals surface area contributed by atoms with Crippen LogP contribution < -0.4 is 22.5 Å². The first-order valence-electron chi connectivity index (χ1n) is 11.1. The van der Waals surface area contributed by atoms with Crippen LogP contribution in [0.3, 0.4) is 0 Å². The van der Waals surface area contributed by atoms with Crippen LogP contribution in [0.5, 0.6) is 0 Å². The number of carboxylic acid groups (broad SMARTS) is 1. The second-order valence-electron chi connectivity index (χ2n) is 8.10. The number of rotatable bonds is 10. The molecule has 39 heavy (non-hydrogen) atoms. The molecule has 0 radical (unpaired) electrons. The number of hydrogen-bond donors (Lipinski definition) is 6. The number of carbonyl (C=O) groups excluding carboxylic acids is 2. The SMILES string of the molecule is CC(CSc1cnccc1SC1=C(C(=O)O)N2C(=O)[C@@H](NC(=O)/C(=N\O)c3csc(N)n3)[C@H]2SC1)N=C(N)N. The van der Waals surface area contributed by atoms with E-state index in [2.05, 4.69) is 25.4 Å². The first-order valence-corrected chi connectivity index (χ1v) is 14.8.